The summed E-state index contributed by atoms with van der Waals surface area (Å²) < 4.78 is 11.3. The van der Waals surface area contributed by atoms with E-state index in [4.69, 9.17) is 59.3 Å². The van der Waals surface area contributed by atoms with E-state index in [2.05, 4.69) is 5.32 Å². The molecule has 0 aliphatic rings. The molecule has 6 nitrogen and oxygen atoms in total. The predicted octanol–water partition coefficient (Wildman–Crippen LogP) is 4.91. The highest BCUT2D eigenvalue weighted by molar-refractivity contribution is 8.82. The molecule has 0 aliphatic carbocycles. The van der Waals surface area contributed by atoms with Crippen LogP contribution in [0.3, 0.4) is 0 Å². The Morgan fingerprint density at radius 2 is 0.522 bits per heavy atom. The van der Waals surface area contributed by atoms with Gasteiger partial charge in [-0.05, 0) is 67.9 Å². The molecule has 90 heavy (non-hydrogen) atoms. The maximum absolute atomic E-state index is 12.1. The largest absolute Gasteiger partial charge is 0.481 e. The highest BCUT2D eigenvalue weighted by Crippen LogP contribution is 2.17. The van der Waals surface area contributed by atoms with Crippen molar-refractivity contribution in [2.45, 2.75) is 99.2 Å². The highest BCUT2D eigenvalue weighted by Gasteiger charge is 2.25. The molecule has 4 atom stereocenters. The van der Waals surface area contributed by atoms with Crippen LogP contribution < -0.4 is 5.32 Å². The number of rotatable bonds is 8. The Morgan fingerprint density at radius 1 is 0.344 bits per heavy atom. The average Bonchev–Trinajstić information content (AvgIpc) is 2.98. The number of hydrogen-bond donors (Lipinski definition) is 2. The smallest absolute Gasteiger partial charge is 0.308 e. The van der Waals surface area contributed by atoms with Gasteiger partial charge in [0.15, 0.2) is 0 Å². The minimum absolute atomic E-state index is 0.0283. The Hall–Kier alpha value is 11.1. The first-order valence-corrected chi connectivity index (χ1v) is 96.4. The number of aliphatic carboxylic acids is 1. The Labute approximate surface area is 704 Å². The number of carbonyl (C=O) groups is 2. The summed E-state index contributed by atoms with van der Waals surface area (Å²) in [5.74, 6) is -1.40. The molecule has 1 aromatic rings. The lowest BCUT2D eigenvalue weighted by Crippen LogP contribution is -2.38. The molecule has 0 bridgehead atoms. The van der Waals surface area contributed by atoms with Crippen molar-refractivity contribution in [1.29, 1.82) is 0 Å². The lowest BCUT2D eigenvalue weighted by Gasteiger charge is -2.28. The SMILES string of the molecule is C[C@H](C(=O)NCc1ccccc1)[C@@H](C)OC(C)(C)C.C[C@H](C(=O)O)[C@@H](C)OC(C)(C)C.S=S=S=S=S=S=S=S=S=S=S=S=S=S=S=S=S=S=S=S=S=S=S=S=S=S=S=S=S.S=S=S=S=S=S=S=S=S=S=S=S=S=S=S=S=S=S=S=S=S=S=S=S=S=S=S=S=S=S. The van der Waals surface area contributed by atoms with Crippen LogP contribution in [0.25, 0.3) is 0 Å². The fourth-order valence-electron chi connectivity index (χ4n) is 3.26. The maximum atomic E-state index is 12.1. The molecule has 1 amide bonds. The predicted molar refractivity (Wildman–Crippen MR) is 559 cm³/mol. The molecule has 65 heteroatoms. The van der Waals surface area contributed by atoms with Crippen LogP contribution in [0.5, 0.6) is 0 Å². The highest BCUT2D eigenvalue weighted by atomic mass is 33.5. The van der Waals surface area contributed by atoms with Crippen LogP contribution in [0.15, 0.2) is 30.3 Å². The molecule has 0 saturated carbocycles. The summed E-state index contributed by atoms with van der Waals surface area (Å²) in [5.41, 5.74) is 0.601. The summed E-state index contributed by atoms with van der Waals surface area (Å²) in [7, 11) is 96.4. The maximum Gasteiger partial charge on any atom is 0.308 e. The summed E-state index contributed by atoms with van der Waals surface area (Å²) in [6, 6.07) is 9.90. The van der Waals surface area contributed by atoms with Crippen molar-refractivity contribution in [3.8, 4) is 0 Å². The second kappa shape index (κ2) is 84.1. The fourth-order valence-corrected chi connectivity index (χ4v) is 143. The second-order valence-corrected chi connectivity index (χ2v) is 111. The molecule has 0 aliphatic heterocycles. The Balaban J connectivity index is -0.00000118. The molecule has 1 aromatic carbocycles. The van der Waals surface area contributed by atoms with E-state index in [0.717, 1.165) is 5.56 Å². The average molecular weight is 2330 g/mol. The molecule has 0 radical (unpaired) electrons. The second-order valence-electron chi connectivity index (χ2n) is 13.7. The van der Waals surface area contributed by atoms with Gasteiger partial charge < -0.3 is 19.9 Å². The number of hydrogen-bond acceptors (Lipinski definition) is 8. The van der Waals surface area contributed by atoms with Crippen molar-refractivity contribution in [3.63, 3.8) is 0 Å². The van der Waals surface area contributed by atoms with Gasteiger partial charge in [-0.1, -0.05) is 37.3 Å². The van der Waals surface area contributed by atoms with Gasteiger partial charge in [0.1, 0.15) is 0 Å². The van der Waals surface area contributed by atoms with Gasteiger partial charge >= 0.3 is 5.97 Å². The molecule has 1 rings (SSSR count). The van der Waals surface area contributed by atoms with Gasteiger partial charge in [0.2, 0.25) is 5.91 Å². The van der Waals surface area contributed by atoms with E-state index in [0.29, 0.717) is 6.54 Å². The van der Waals surface area contributed by atoms with Gasteiger partial charge in [0.05, 0.1) is 35.2 Å². The molecule has 0 fully saturated rings. The summed E-state index contributed by atoms with van der Waals surface area (Å²) in [6.45, 7) is 19.6. The third kappa shape index (κ3) is 89.7. The van der Waals surface area contributed by atoms with Gasteiger partial charge in [-0.2, -0.15) is 0 Å². The van der Waals surface area contributed by atoms with E-state index in [1.807, 2.05) is 290 Å². The standard InChI is InChI=1S/C16H25NO2.C9H18O3.S30.S29/c1-12(13(2)19-16(3,4)5)15(18)17-11-14-9-7-6-8-10-14;1-6(8(10)11)7(2)12-9(3,4)5;1-3-5-7-9-11-13-15-17-19-21-23-25-27-29-30-28-26-24-22-20-18-16-14-12-10-8-6-4-2;1-3-5-7-9-11-13-15-17-19-21-23-25-27-29-28-26-24-22-20-18-16-14-12-10-8-6-4-2/h6-10,12-13H,11H2,1-5H3,(H,17,18);6-7H,1-5H3,(H,10,11);;/t12-,13+;6-,7+;;/m00../s1. The molecular weight excluding hydrogens is 2290 g/mol. The van der Waals surface area contributed by atoms with Crippen molar-refractivity contribution in [2.24, 2.45) is 11.8 Å². The van der Waals surface area contributed by atoms with E-state index in [-0.39, 0.29) is 35.2 Å². The Morgan fingerprint density at radius 3 is 0.689 bits per heavy atom. The third-order valence-electron chi connectivity index (χ3n) is 6.07. The van der Waals surface area contributed by atoms with Crippen molar-refractivity contribution >= 4 is 545 Å². The molecular formula is C25H43NO5S59. The van der Waals surface area contributed by atoms with E-state index >= 15 is 0 Å². The normalized spacial score (nSPS) is 10.4. The first kappa shape index (κ1) is 105. The third-order valence-corrected chi connectivity index (χ3v) is 124. The summed E-state index contributed by atoms with van der Waals surface area (Å²) in [6.07, 6.45) is -0.349. The van der Waals surface area contributed by atoms with Gasteiger partial charge in [0.25, 0.3) is 0 Å². The van der Waals surface area contributed by atoms with Crippen LogP contribution in [-0.2, 0) is 559 Å². The van der Waals surface area contributed by atoms with Gasteiger partial charge in [-0.15, -0.1) is 0 Å². The first-order valence-electron chi connectivity index (χ1n) is 20.4. The lowest BCUT2D eigenvalue weighted by atomic mass is 10.0. The zero-order chi connectivity index (χ0) is 67.3. The van der Waals surface area contributed by atoms with Crippen molar-refractivity contribution in [1.82, 2.24) is 5.32 Å². The first-order chi connectivity index (χ1) is 43.4. The van der Waals surface area contributed by atoms with Crippen LogP contribution in [0, 0.1) is 11.8 Å². The summed E-state index contributed by atoms with van der Waals surface area (Å²) in [5, 5.41) is 11.6. The number of nitrogens with one attached hydrogen (secondary N) is 1. The van der Waals surface area contributed by atoms with Crippen LogP contribution >= 0.6 is 0 Å². The lowest BCUT2D eigenvalue weighted by molar-refractivity contribution is -0.150. The zero-order valence-corrected chi connectivity index (χ0v) is 93.2. The van der Waals surface area contributed by atoms with Gasteiger partial charge in [-0.3, -0.25) is 9.59 Å². The topological polar surface area (TPSA) is 84.9 Å². The molecule has 0 unspecified atom stereocenters. The monoisotopic (exact) mass is 2320 g/mol. The van der Waals surface area contributed by atoms with Gasteiger partial charge in [0, 0.05) is 540 Å². The minimum Gasteiger partial charge on any atom is -0.481 e. The van der Waals surface area contributed by atoms with Crippen LogP contribution in [0.1, 0.15) is 74.8 Å². The quantitative estimate of drug-likeness (QED) is 0.378. The minimum atomic E-state index is -0.813. The molecule has 0 aromatic heterocycles. The molecule has 0 spiro atoms. The number of carbonyl (C=O) groups excluding carboxylic acids is 1. The molecule has 0 heterocycles. The Kier molecular flexibility index (Phi) is 98.3. The molecule has 532 valence electrons. The molecule has 2 N–H and O–H groups in total. The van der Waals surface area contributed by atoms with Crippen molar-refractivity contribution in [3.05, 3.63) is 35.9 Å². The van der Waals surface area contributed by atoms with Gasteiger partial charge in [-0.25, -0.2) is 0 Å². The van der Waals surface area contributed by atoms with Crippen molar-refractivity contribution < 1.29 is 24.2 Å². The van der Waals surface area contributed by atoms with E-state index < -0.39 is 11.9 Å². The van der Waals surface area contributed by atoms with E-state index in [1.54, 1.807) is 263 Å². The number of ether oxygens (including phenoxy) is 2. The number of benzene rings is 1. The Bertz CT molecular complexity index is 4980. The van der Waals surface area contributed by atoms with E-state index in [1.165, 1.54) is 35.5 Å². The number of amides is 1. The van der Waals surface area contributed by atoms with Crippen molar-refractivity contribution in [2.75, 3.05) is 0 Å². The number of carboxylic acids is 1. The molecule has 0 saturated heterocycles. The van der Waals surface area contributed by atoms with E-state index in [9.17, 15) is 9.59 Å². The summed E-state index contributed by atoms with van der Waals surface area (Å²) >= 11 is 19.1. The fraction of sp³-hybridized carbons (Fsp3) is 0.680. The summed E-state index contributed by atoms with van der Waals surface area (Å²) in [4.78, 5) is 22.6. The van der Waals surface area contributed by atoms with Crippen LogP contribution in [0.2, 0.25) is 0 Å². The zero-order valence-electron chi connectivity index (χ0n) is 45.1. The van der Waals surface area contributed by atoms with Crippen LogP contribution in [-0.4, -0.2) is 40.4 Å². The van der Waals surface area contributed by atoms with Crippen LogP contribution in [0.4, 0.5) is 0 Å². The number of carboxylic acid groups (broad SMARTS) is 1.